The van der Waals surface area contributed by atoms with Crippen LogP contribution in [-0.4, -0.2) is 65.0 Å². The van der Waals surface area contributed by atoms with E-state index in [0.29, 0.717) is 5.56 Å². The molecule has 0 unspecified atom stereocenters. The lowest BCUT2D eigenvalue weighted by molar-refractivity contribution is -0.155. The third-order valence-electron chi connectivity index (χ3n) is 2.49. The minimum absolute atomic E-state index is 0.0103. The summed E-state index contributed by atoms with van der Waals surface area (Å²) in [7, 11) is -1.95. The highest BCUT2D eigenvalue weighted by atomic mass is 16.8. The Bertz CT molecular complexity index is 413. The van der Waals surface area contributed by atoms with E-state index in [2.05, 4.69) is 4.65 Å². The van der Waals surface area contributed by atoms with Crippen molar-refractivity contribution in [3.05, 3.63) is 35.9 Å². The molecule has 0 fully saturated rings. The molecule has 9 heteroatoms. The number of carbonyl (C=O) groups excluding carboxylic acids is 1. The number of hydrogen-bond acceptors (Lipinski definition) is 8. The molecule has 8 nitrogen and oxygen atoms in total. The lowest BCUT2D eigenvalue weighted by atomic mass is 10.1. The zero-order chi connectivity index (χ0) is 15.7. The summed E-state index contributed by atoms with van der Waals surface area (Å²) in [4.78, 5) is 11.6. The molecule has 0 aliphatic heterocycles. The van der Waals surface area contributed by atoms with Crippen molar-refractivity contribution in [3.63, 3.8) is 0 Å². The van der Waals surface area contributed by atoms with Gasteiger partial charge in [-0.25, -0.2) is 0 Å². The van der Waals surface area contributed by atoms with Gasteiger partial charge in [0.1, 0.15) is 0 Å². The second-order valence-corrected chi connectivity index (χ2v) is 4.04. The van der Waals surface area contributed by atoms with Crippen molar-refractivity contribution in [1.82, 2.24) is 5.06 Å². The van der Waals surface area contributed by atoms with Crippen LogP contribution < -0.4 is 0 Å². The fraction of sp³-hybridized carbons (Fsp3) is 0.417. The van der Waals surface area contributed by atoms with Crippen LogP contribution in [0.2, 0.25) is 0 Å². The number of benzene rings is 1. The van der Waals surface area contributed by atoms with Gasteiger partial charge in [0.05, 0.1) is 13.2 Å². The minimum Gasteiger partial charge on any atom is -0.482 e. The summed E-state index contributed by atoms with van der Waals surface area (Å²) in [5, 5.41) is 37.8. The topological polar surface area (TPSA) is 120 Å². The SMILES string of the molecule is O=C(OB(O)ON(CCO)CCO)[C@H](O)c1ccccc1. The Kier molecular flexibility index (Phi) is 7.91. The largest absolute Gasteiger partial charge is 0.730 e. The Morgan fingerprint density at radius 1 is 1.19 bits per heavy atom. The van der Waals surface area contributed by atoms with Gasteiger partial charge in [-0.15, -0.1) is 0 Å². The first-order valence-electron chi connectivity index (χ1n) is 6.33. The van der Waals surface area contributed by atoms with Crippen LogP contribution in [0.25, 0.3) is 0 Å². The van der Waals surface area contributed by atoms with Crippen molar-refractivity contribution < 1.29 is 34.5 Å². The van der Waals surface area contributed by atoms with Crippen molar-refractivity contribution in [1.29, 1.82) is 0 Å². The van der Waals surface area contributed by atoms with Gasteiger partial charge in [0.2, 0.25) is 0 Å². The Balaban J connectivity index is 2.49. The van der Waals surface area contributed by atoms with E-state index in [9.17, 15) is 14.9 Å². The highest BCUT2D eigenvalue weighted by Crippen LogP contribution is 2.14. The summed E-state index contributed by atoms with van der Waals surface area (Å²) in [5.74, 6) is -1.08. The van der Waals surface area contributed by atoms with E-state index in [-0.39, 0.29) is 26.3 Å². The van der Waals surface area contributed by atoms with Crippen LogP contribution in [0.5, 0.6) is 0 Å². The molecule has 0 aliphatic rings. The lowest BCUT2D eigenvalue weighted by Crippen LogP contribution is -2.40. The zero-order valence-corrected chi connectivity index (χ0v) is 11.3. The molecule has 1 aromatic carbocycles. The molecule has 1 aromatic rings. The van der Waals surface area contributed by atoms with E-state index in [4.69, 9.17) is 15.0 Å². The maximum absolute atomic E-state index is 11.6. The lowest BCUT2D eigenvalue weighted by Gasteiger charge is -2.21. The molecule has 4 N–H and O–H groups in total. The van der Waals surface area contributed by atoms with E-state index >= 15 is 0 Å². The van der Waals surface area contributed by atoms with Gasteiger partial charge in [-0.2, -0.15) is 5.06 Å². The second kappa shape index (κ2) is 9.45. The third-order valence-corrected chi connectivity index (χ3v) is 2.49. The maximum Gasteiger partial charge on any atom is 0.730 e. The fourth-order valence-corrected chi connectivity index (χ4v) is 1.52. The molecular weight excluding hydrogens is 281 g/mol. The number of nitrogens with zero attached hydrogens (tertiary/aromatic N) is 1. The summed E-state index contributed by atoms with van der Waals surface area (Å²) in [5.41, 5.74) is 0.317. The van der Waals surface area contributed by atoms with E-state index in [1.807, 2.05) is 0 Å². The van der Waals surface area contributed by atoms with E-state index in [1.165, 1.54) is 12.1 Å². The van der Waals surface area contributed by atoms with Crippen LogP contribution in [0.3, 0.4) is 0 Å². The molecule has 0 amide bonds. The number of aliphatic hydroxyl groups is 3. The fourth-order valence-electron chi connectivity index (χ4n) is 1.52. The normalized spacial score (nSPS) is 12.2. The number of rotatable bonds is 9. The molecular formula is C12H18BNO7. The van der Waals surface area contributed by atoms with Crippen LogP contribution >= 0.6 is 0 Å². The van der Waals surface area contributed by atoms with E-state index in [1.54, 1.807) is 18.2 Å². The second-order valence-electron chi connectivity index (χ2n) is 4.04. The first-order valence-corrected chi connectivity index (χ1v) is 6.33. The molecule has 0 saturated carbocycles. The molecule has 0 spiro atoms. The van der Waals surface area contributed by atoms with Crippen LogP contribution in [0.15, 0.2) is 30.3 Å². The molecule has 0 heterocycles. The Morgan fingerprint density at radius 3 is 2.29 bits per heavy atom. The zero-order valence-electron chi connectivity index (χ0n) is 11.3. The third kappa shape index (κ3) is 6.21. The molecule has 116 valence electrons. The molecule has 21 heavy (non-hydrogen) atoms. The Hall–Kier alpha value is -1.49. The summed E-state index contributed by atoms with van der Waals surface area (Å²) >= 11 is 0. The van der Waals surface area contributed by atoms with Crippen LogP contribution in [0.4, 0.5) is 0 Å². The van der Waals surface area contributed by atoms with E-state index < -0.39 is 19.4 Å². The van der Waals surface area contributed by atoms with Gasteiger partial charge in [-0.05, 0) is 5.56 Å². The number of hydrogen-bond donors (Lipinski definition) is 4. The smallest absolute Gasteiger partial charge is 0.482 e. The number of carbonyl (C=O) groups is 1. The quantitative estimate of drug-likeness (QED) is 0.320. The van der Waals surface area contributed by atoms with Crippen molar-refractivity contribution in [2.24, 2.45) is 0 Å². The van der Waals surface area contributed by atoms with Crippen LogP contribution in [-0.2, 0) is 14.2 Å². The molecule has 1 atom stereocenters. The average molecular weight is 299 g/mol. The van der Waals surface area contributed by atoms with Crippen molar-refractivity contribution in [3.8, 4) is 0 Å². The van der Waals surface area contributed by atoms with Crippen LogP contribution in [0, 0.1) is 0 Å². The molecule has 0 aromatic heterocycles. The summed E-state index contributed by atoms with van der Waals surface area (Å²) in [6.07, 6.45) is -1.55. The Labute approximate surface area is 122 Å². The first kappa shape index (κ1) is 17.6. The van der Waals surface area contributed by atoms with Gasteiger partial charge in [-0.1, -0.05) is 30.3 Å². The standard InChI is InChI=1S/C12H18BNO7/c15-8-6-14(7-9-16)21-13(19)20-12(18)11(17)10-4-2-1-3-5-10/h1-5,11,15-17,19H,6-9H2/t11-/m1/s1. The molecule has 0 saturated heterocycles. The van der Waals surface area contributed by atoms with E-state index in [0.717, 1.165) is 5.06 Å². The highest BCUT2D eigenvalue weighted by Gasteiger charge is 2.29. The maximum atomic E-state index is 11.6. The minimum atomic E-state index is -1.95. The molecule has 1 rings (SSSR count). The molecule has 0 radical (unpaired) electrons. The van der Waals surface area contributed by atoms with Gasteiger partial charge < -0.3 is 25.0 Å². The van der Waals surface area contributed by atoms with Gasteiger partial charge in [0.25, 0.3) is 0 Å². The number of hydroxylamine groups is 2. The van der Waals surface area contributed by atoms with Crippen molar-refractivity contribution in [2.75, 3.05) is 26.3 Å². The monoisotopic (exact) mass is 299 g/mol. The highest BCUT2D eigenvalue weighted by molar-refractivity contribution is 6.37. The summed E-state index contributed by atoms with van der Waals surface area (Å²) in [6.45, 7) is -0.520. The van der Waals surface area contributed by atoms with Crippen LogP contribution in [0.1, 0.15) is 11.7 Å². The Morgan fingerprint density at radius 2 is 1.76 bits per heavy atom. The molecule has 0 bridgehead atoms. The van der Waals surface area contributed by atoms with Crippen molar-refractivity contribution >= 4 is 13.3 Å². The summed E-state index contributed by atoms with van der Waals surface area (Å²) < 4.78 is 9.33. The summed E-state index contributed by atoms with van der Waals surface area (Å²) in [6, 6.07) is 8.07. The van der Waals surface area contributed by atoms with Crippen molar-refractivity contribution in [2.45, 2.75) is 6.10 Å². The van der Waals surface area contributed by atoms with Gasteiger partial charge in [0.15, 0.2) is 6.10 Å². The number of aliphatic hydroxyl groups excluding tert-OH is 3. The average Bonchev–Trinajstić information content (AvgIpc) is 2.47. The molecule has 0 aliphatic carbocycles. The van der Waals surface area contributed by atoms with Gasteiger partial charge >= 0.3 is 13.3 Å². The predicted octanol–water partition coefficient (Wildman–Crippen LogP) is -1.54. The first-order chi connectivity index (χ1) is 10.1. The predicted molar refractivity (Wildman–Crippen MR) is 72.3 cm³/mol. The van der Waals surface area contributed by atoms with Gasteiger partial charge in [-0.3, -0.25) is 9.55 Å². The van der Waals surface area contributed by atoms with Gasteiger partial charge in [0, 0.05) is 13.1 Å².